The number of nitrogens with zero attached hydrogens (tertiary/aromatic N) is 1. The molecule has 0 aromatic heterocycles. The number of amides is 2. The smallest absolute Gasteiger partial charge is 0.338 e. The second-order valence-corrected chi connectivity index (χ2v) is 6.36. The van der Waals surface area contributed by atoms with Crippen LogP contribution in [0.25, 0.3) is 0 Å². The highest BCUT2D eigenvalue weighted by Crippen LogP contribution is 2.29. The van der Waals surface area contributed by atoms with Gasteiger partial charge in [-0.1, -0.05) is 18.2 Å². The summed E-state index contributed by atoms with van der Waals surface area (Å²) in [6.07, 6.45) is -3.82. The van der Waals surface area contributed by atoms with Crippen molar-refractivity contribution >= 4 is 11.8 Å². The van der Waals surface area contributed by atoms with E-state index >= 15 is 0 Å². The Kier molecular flexibility index (Phi) is 5.18. The molecule has 5 nitrogen and oxygen atoms in total. The topological polar surface area (TPSA) is 69.6 Å². The first kappa shape index (κ1) is 18.9. The summed E-state index contributed by atoms with van der Waals surface area (Å²) in [5, 5.41) is 8.69. The van der Waals surface area contributed by atoms with E-state index < -0.39 is 17.6 Å². The van der Waals surface area contributed by atoms with E-state index in [2.05, 4.69) is 0 Å². The molecule has 0 atom stereocenters. The third kappa shape index (κ3) is 4.28. The largest absolute Gasteiger partial charge is 0.416 e. The summed E-state index contributed by atoms with van der Waals surface area (Å²) in [7, 11) is 0. The fourth-order valence-corrected chi connectivity index (χ4v) is 3.07. The SMILES string of the molecule is O=C(NO)c1ccc2c(c1)CCN(C(=O)Cc1ccc(C(F)(F)F)cc1)C2. The van der Waals surface area contributed by atoms with Crippen molar-refractivity contribution in [1.82, 2.24) is 10.4 Å². The first-order chi connectivity index (χ1) is 12.8. The summed E-state index contributed by atoms with van der Waals surface area (Å²) in [6.45, 7) is 0.826. The molecule has 0 saturated heterocycles. The fraction of sp³-hybridized carbons (Fsp3) is 0.263. The Labute approximate surface area is 153 Å². The number of hydrogen-bond donors (Lipinski definition) is 2. The van der Waals surface area contributed by atoms with E-state index in [9.17, 15) is 22.8 Å². The quantitative estimate of drug-likeness (QED) is 0.637. The number of hydrogen-bond acceptors (Lipinski definition) is 3. The molecule has 0 radical (unpaired) electrons. The summed E-state index contributed by atoms with van der Waals surface area (Å²) in [5.74, 6) is -0.767. The molecule has 0 unspecified atom stereocenters. The van der Waals surface area contributed by atoms with Crippen LogP contribution < -0.4 is 5.48 Å². The average Bonchev–Trinajstić information content (AvgIpc) is 2.66. The third-order valence-corrected chi connectivity index (χ3v) is 4.57. The maximum absolute atomic E-state index is 12.6. The third-order valence-electron chi connectivity index (χ3n) is 4.57. The van der Waals surface area contributed by atoms with Crippen LogP contribution in [-0.2, 0) is 30.4 Å². The van der Waals surface area contributed by atoms with Crippen molar-refractivity contribution in [3.63, 3.8) is 0 Å². The number of benzene rings is 2. The molecule has 3 rings (SSSR count). The highest BCUT2D eigenvalue weighted by molar-refractivity contribution is 5.93. The summed E-state index contributed by atoms with van der Waals surface area (Å²) in [4.78, 5) is 25.6. The molecule has 1 heterocycles. The number of nitrogens with one attached hydrogen (secondary N) is 1. The zero-order valence-electron chi connectivity index (χ0n) is 14.2. The zero-order chi connectivity index (χ0) is 19.6. The number of rotatable bonds is 3. The summed E-state index contributed by atoms with van der Waals surface area (Å²) >= 11 is 0. The second kappa shape index (κ2) is 7.40. The van der Waals surface area contributed by atoms with Gasteiger partial charge in [-0.15, -0.1) is 0 Å². The summed E-state index contributed by atoms with van der Waals surface area (Å²) < 4.78 is 37.8. The zero-order valence-corrected chi connectivity index (χ0v) is 14.2. The number of carbonyl (C=O) groups is 2. The Morgan fingerprint density at radius 1 is 1.07 bits per heavy atom. The van der Waals surface area contributed by atoms with Crippen LogP contribution in [0.15, 0.2) is 42.5 Å². The average molecular weight is 378 g/mol. The minimum Gasteiger partial charge on any atom is -0.338 e. The van der Waals surface area contributed by atoms with Gasteiger partial charge in [0.05, 0.1) is 12.0 Å². The predicted molar refractivity (Wildman–Crippen MR) is 90.0 cm³/mol. The van der Waals surface area contributed by atoms with E-state index in [1.807, 2.05) is 0 Å². The van der Waals surface area contributed by atoms with Gasteiger partial charge in [0.15, 0.2) is 0 Å². The number of carbonyl (C=O) groups excluding carboxylic acids is 2. The van der Waals surface area contributed by atoms with Crippen LogP contribution in [0.5, 0.6) is 0 Å². The second-order valence-electron chi connectivity index (χ2n) is 6.36. The van der Waals surface area contributed by atoms with Crippen molar-refractivity contribution in [3.05, 3.63) is 70.3 Å². The minimum atomic E-state index is -4.40. The number of alkyl halides is 3. The van der Waals surface area contributed by atoms with Crippen LogP contribution in [-0.4, -0.2) is 28.5 Å². The molecule has 8 heteroatoms. The Morgan fingerprint density at radius 2 is 1.78 bits per heavy atom. The lowest BCUT2D eigenvalue weighted by Crippen LogP contribution is -2.37. The molecular weight excluding hydrogens is 361 g/mol. The Hall–Kier alpha value is -2.87. The van der Waals surface area contributed by atoms with E-state index in [1.165, 1.54) is 12.1 Å². The molecule has 0 saturated carbocycles. The highest BCUT2D eigenvalue weighted by Gasteiger charge is 2.30. The minimum absolute atomic E-state index is 0.0263. The van der Waals surface area contributed by atoms with Crippen molar-refractivity contribution in [3.8, 4) is 0 Å². The van der Waals surface area contributed by atoms with Gasteiger partial charge in [-0.25, -0.2) is 5.48 Å². The monoisotopic (exact) mass is 378 g/mol. The molecule has 0 aliphatic carbocycles. The molecule has 0 spiro atoms. The summed E-state index contributed by atoms with van der Waals surface area (Å²) in [6, 6.07) is 9.56. The van der Waals surface area contributed by atoms with E-state index in [0.29, 0.717) is 30.6 Å². The molecule has 2 amide bonds. The molecule has 27 heavy (non-hydrogen) atoms. The lowest BCUT2D eigenvalue weighted by atomic mass is 9.96. The lowest BCUT2D eigenvalue weighted by molar-refractivity contribution is -0.137. The van der Waals surface area contributed by atoms with Crippen molar-refractivity contribution in [2.75, 3.05) is 6.54 Å². The van der Waals surface area contributed by atoms with Gasteiger partial charge in [-0.3, -0.25) is 14.8 Å². The molecule has 2 aromatic carbocycles. The number of hydroxylamine groups is 1. The van der Waals surface area contributed by atoms with Crippen LogP contribution in [0.2, 0.25) is 0 Å². The van der Waals surface area contributed by atoms with E-state index in [0.717, 1.165) is 23.3 Å². The Bertz CT molecular complexity index is 863. The molecule has 142 valence electrons. The van der Waals surface area contributed by atoms with E-state index in [1.54, 1.807) is 28.6 Å². The Morgan fingerprint density at radius 3 is 2.41 bits per heavy atom. The van der Waals surface area contributed by atoms with Crippen LogP contribution in [0, 0.1) is 0 Å². The summed E-state index contributed by atoms with van der Waals surface area (Å²) in [5.41, 5.74) is 3.52. The highest BCUT2D eigenvalue weighted by atomic mass is 19.4. The molecule has 1 aliphatic rings. The van der Waals surface area contributed by atoms with Gasteiger partial charge in [0.2, 0.25) is 5.91 Å². The fourth-order valence-electron chi connectivity index (χ4n) is 3.07. The van der Waals surface area contributed by atoms with Gasteiger partial charge in [0.25, 0.3) is 5.91 Å². The van der Waals surface area contributed by atoms with E-state index in [4.69, 9.17) is 5.21 Å². The molecule has 0 bridgehead atoms. The Balaban J connectivity index is 1.66. The molecule has 2 aromatic rings. The standard InChI is InChI=1S/C19H17F3N2O3/c20-19(21,22)16-5-1-12(2-6-16)9-17(25)24-8-7-13-10-14(18(26)23-27)3-4-15(13)11-24/h1-6,10,27H,7-9,11H2,(H,23,26). The molecule has 1 aliphatic heterocycles. The van der Waals surface area contributed by atoms with Crippen molar-refractivity contribution in [1.29, 1.82) is 0 Å². The number of fused-ring (bicyclic) bond motifs is 1. The molecule has 2 N–H and O–H groups in total. The molecular formula is C19H17F3N2O3. The maximum atomic E-state index is 12.6. The first-order valence-electron chi connectivity index (χ1n) is 8.28. The van der Waals surface area contributed by atoms with Crippen molar-refractivity contribution in [2.45, 2.75) is 25.6 Å². The van der Waals surface area contributed by atoms with Gasteiger partial charge < -0.3 is 4.90 Å². The van der Waals surface area contributed by atoms with Crippen LogP contribution in [0.4, 0.5) is 13.2 Å². The van der Waals surface area contributed by atoms with Gasteiger partial charge in [0.1, 0.15) is 0 Å². The van der Waals surface area contributed by atoms with Gasteiger partial charge >= 0.3 is 6.18 Å². The predicted octanol–water partition coefficient (Wildman–Crippen LogP) is 2.95. The normalized spacial score (nSPS) is 13.9. The first-order valence-corrected chi connectivity index (χ1v) is 8.28. The van der Waals surface area contributed by atoms with Gasteiger partial charge in [0, 0.05) is 18.7 Å². The van der Waals surface area contributed by atoms with Gasteiger partial charge in [-0.2, -0.15) is 13.2 Å². The maximum Gasteiger partial charge on any atom is 0.416 e. The van der Waals surface area contributed by atoms with E-state index in [-0.39, 0.29) is 12.3 Å². The van der Waals surface area contributed by atoms with Crippen molar-refractivity contribution in [2.24, 2.45) is 0 Å². The van der Waals surface area contributed by atoms with Crippen molar-refractivity contribution < 1.29 is 28.0 Å². The van der Waals surface area contributed by atoms with Crippen LogP contribution in [0.3, 0.4) is 0 Å². The van der Waals surface area contributed by atoms with Gasteiger partial charge in [-0.05, 0) is 47.4 Å². The molecule has 0 fully saturated rings. The van der Waals surface area contributed by atoms with Crippen LogP contribution in [0.1, 0.15) is 32.6 Å². The van der Waals surface area contributed by atoms with Crippen LogP contribution >= 0.6 is 0 Å². The number of halogens is 3. The lowest BCUT2D eigenvalue weighted by Gasteiger charge is -2.29.